The molecule has 0 bridgehead atoms. The van der Waals surface area contributed by atoms with E-state index in [1.54, 1.807) is 12.1 Å². The van der Waals surface area contributed by atoms with E-state index in [0.717, 1.165) is 25.7 Å². The molecule has 1 aliphatic carbocycles. The van der Waals surface area contributed by atoms with Gasteiger partial charge >= 0.3 is 5.97 Å². The highest BCUT2D eigenvalue weighted by molar-refractivity contribution is 9.10. The smallest absolute Gasteiger partial charge is 0.343 e. The molecular weight excluding hydrogens is 428 g/mol. The number of carbonyl (C=O) groups is 2. The van der Waals surface area contributed by atoms with Crippen LogP contribution in [0.5, 0.6) is 11.5 Å². The number of carbonyl (C=O) groups excluding carboxylic acids is 2. The van der Waals surface area contributed by atoms with Crippen LogP contribution in [0.2, 0.25) is 0 Å². The fourth-order valence-corrected chi connectivity index (χ4v) is 3.49. The molecule has 0 heterocycles. The fraction of sp³-hybridized carbons (Fsp3) is 0.450. The number of benzene rings is 1. The summed E-state index contributed by atoms with van der Waals surface area (Å²) in [6, 6.07) is 5.43. The molecule has 1 aromatic rings. The predicted molar refractivity (Wildman–Crippen MR) is 107 cm³/mol. The Balaban J connectivity index is 2.25. The molecule has 1 N–H and O–H groups in total. The first-order valence-corrected chi connectivity index (χ1v) is 9.86. The van der Waals surface area contributed by atoms with Gasteiger partial charge in [0.2, 0.25) is 0 Å². The van der Waals surface area contributed by atoms with E-state index in [1.807, 2.05) is 13.0 Å². The lowest BCUT2D eigenvalue weighted by molar-refractivity contribution is -0.143. The molecule has 0 aliphatic heterocycles. The number of nitrogens with zero attached hydrogens (tertiary/aromatic N) is 1. The first kappa shape index (κ1) is 21.8. The van der Waals surface area contributed by atoms with Gasteiger partial charge in [-0.05, 0) is 59.5 Å². The van der Waals surface area contributed by atoms with Crippen molar-refractivity contribution in [2.24, 2.45) is 0 Å². The number of amides is 1. The molecule has 1 saturated carbocycles. The van der Waals surface area contributed by atoms with E-state index in [9.17, 15) is 14.9 Å². The molecule has 1 aliphatic rings. The van der Waals surface area contributed by atoms with Gasteiger partial charge in [-0.15, -0.1) is 0 Å². The Morgan fingerprint density at radius 3 is 2.64 bits per heavy atom. The van der Waals surface area contributed by atoms with Crippen molar-refractivity contribution in [2.75, 3.05) is 20.3 Å². The van der Waals surface area contributed by atoms with Gasteiger partial charge in [0.25, 0.3) is 5.91 Å². The standard InChI is InChI=1S/C20H23BrN2O5/c1-3-27-17-10-13(9-16(21)19(17)28-12-18(24)26-2)8-14(11-22)20(25)23-15-6-4-5-7-15/h8-10,15H,3-7,12H2,1-2H3,(H,23,25)/b14-8-. The summed E-state index contributed by atoms with van der Waals surface area (Å²) in [6.07, 6.45) is 5.57. The zero-order valence-corrected chi connectivity index (χ0v) is 17.5. The number of nitrogens with one attached hydrogen (secondary N) is 1. The fourth-order valence-electron chi connectivity index (χ4n) is 2.91. The molecule has 0 radical (unpaired) electrons. The monoisotopic (exact) mass is 450 g/mol. The largest absolute Gasteiger partial charge is 0.490 e. The van der Waals surface area contributed by atoms with Crippen LogP contribution in [-0.2, 0) is 14.3 Å². The molecule has 150 valence electrons. The number of hydrogen-bond acceptors (Lipinski definition) is 6. The highest BCUT2D eigenvalue weighted by atomic mass is 79.9. The second-order valence-electron chi connectivity index (χ2n) is 6.25. The molecule has 0 saturated heterocycles. The van der Waals surface area contributed by atoms with Crippen molar-refractivity contribution in [2.45, 2.75) is 38.6 Å². The topological polar surface area (TPSA) is 97.6 Å². The number of halogens is 1. The molecule has 0 spiro atoms. The third-order valence-corrected chi connectivity index (χ3v) is 4.85. The molecule has 0 aromatic heterocycles. The average Bonchev–Trinajstić information content (AvgIpc) is 3.18. The first-order chi connectivity index (χ1) is 13.5. The number of methoxy groups -OCH3 is 1. The lowest BCUT2D eigenvalue weighted by atomic mass is 10.1. The first-order valence-electron chi connectivity index (χ1n) is 9.07. The minimum atomic E-state index is -0.520. The van der Waals surface area contributed by atoms with Gasteiger partial charge in [-0.1, -0.05) is 12.8 Å². The van der Waals surface area contributed by atoms with Crippen LogP contribution >= 0.6 is 15.9 Å². The quantitative estimate of drug-likeness (QED) is 0.370. The maximum absolute atomic E-state index is 12.4. The Morgan fingerprint density at radius 1 is 1.32 bits per heavy atom. The molecule has 1 fully saturated rings. The highest BCUT2D eigenvalue weighted by Gasteiger charge is 2.20. The van der Waals surface area contributed by atoms with Gasteiger partial charge in [-0.25, -0.2) is 4.79 Å². The van der Waals surface area contributed by atoms with Gasteiger partial charge in [-0.3, -0.25) is 4.79 Å². The van der Waals surface area contributed by atoms with Crippen LogP contribution in [-0.4, -0.2) is 38.2 Å². The molecule has 7 nitrogen and oxygen atoms in total. The number of hydrogen-bond donors (Lipinski definition) is 1. The number of ether oxygens (including phenoxy) is 3. The third-order valence-electron chi connectivity index (χ3n) is 4.26. The molecule has 0 atom stereocenters. The summed E-state index contributed by atoms with van der Waals surface area (Å²) >= 11 is 3.39. The maximum atomic E-state index is 12.4. The van der Waals surface area contributed by atoms with Crippen molar-refractivity contribution in [1.82, 2.24) is 5.32 Å². The lowest BCUT2D eigenvalue weighted by Crippen LogP contribution is -2.33. The Labute approximate surface area is 172 Å². The zero-order valence-electron chi connectivity index (χ0n) is 15.9. The van der Waals surface area contributed by atoms with Crippen LogP contribution in [0.4, 0.5) is 0 Å². The van der Waals surface area contributed by atoms with Gasteiger partial charge in [-0.2, -0.15) is 5.26 Å². The minimum Gasteiger partial charge on any atom is -0.490 e. The minimum absolute atomic E-state index is 0.0180. The third kappa shape index (κ3) is 5.99. The van der Waals surface area contributed by atoms with E-state index >= 15 is 0 Å². The van der Waals surface area contributed by atoms with Crippen LogP contribution in [0.25, 0.3) is 6.08 Å². The summed E-state index contributed by atoms with van der Waals surface area (Å²) in [5, 5.41) is 12.3. The molecule has 28 heavy (non-hydrogen) atoms. The van der Waals surface area contributed by atoms with E-state index in [-0.39, 0.29) is 24.1 Å². The van der Waals surface area contributed by atoms with Crippen molar-refractivity contribution < 1.29 is 23.8 Å². The summed E-state index contributed by atoms with van der Waals surface area (Å²) in [6.45, 7) is 1.93. The zero-order chi connectivity index (χ0) is 20.5. The summed E-state index contributed by atoms with van der Waals surface area (Å²) in [7, 11) is 1.28. The number of nitriles is 1. The van der Waals surface area contributed by atoms with Gasteiger partial charge in [0.05, 0.1) is 18.2 Å². The summed E-state index contributed by atoms with van der Waals surface area (Å²) in [5.41, 5.74) is 0.614. The van der Waals surface area contributed by atoms with Crippen molar-refractivity contribution in [1.29, 1.82) is 5.26 Å². The second kappa shape index (κ2) is 10.7. The Morgan fingerprint density at radius 2 is 2.04 bits per heavy atom. The molecule has 1 amide bonds. The van der Waals surface area contributed by atoms with Crippen LogP contribution in [0.1, 0.15) is 38.2 Å². The van der Waals surface area contributed by atoms with Crippen LogP contribution in [0.15, 0.2) is 22.2 Å². The lowest BCUT2D eigenvalue weighted by Gasteiger charge is -2.14. The van der Waals surface area contributed by atoms with E-state index in [0.29, 0.717) is 28.1 Å². The van der Waals surface area contributed by atoms with E-state index in [4.69, 9.17) is 9.47 Å². The van der Waals surface area contributed by atoms with Crippen molar-refractivity contribution in [3.8, 4) is 17.6 Å². The van der Waals surface area contributed by atoms with Gasteiger partial charge in [0, 0.05) is 6.04 Å². The number of esters is 1. The maximum Gasteiger partial charge on any atom is 0.343 e. The highest BCUT2D eigenvalue weighted by Crippen LogP contribution is 2.37. The number of rotatable bonds is 8. The van der Waals surface area contributed by atoms with Gasteiger partial charge in [0.15, 0.2) is 18.1 Å². The van der Waals surface area contributed by atoms with Crippen molar-refractivity contribution in [3.63, 3.8) is 0 Å². The van der Waals surface area contributed by atoms with Crippen LogP contribution in [0, 0.1) is 11.3 Å². The SMILES string of the molecule is CCOc1cc(/C=C(/C#N)C(=O)NC2CCCC2)cc(Br)c1OCC(=O)OC. The van der Waals surface area contributed by atoms with Crippen LogP contribution < -0.4 is 14.8 Å². The van der Waals surface area contributed by atoms with Crippen molar-refractivity contribution in [3.05, 3.63) is 27.7 Å². The average molecular weight is 451 g/mol. The summed E-state index contributed by atoms with van der Waals surface area (Å²) in [4.78, 5) is 23.7. The summed E-state index contributed by atoms with van der Waals surface area (Å²) < 4.78 is 16.2. The molecule has 8 heteroatoms. The van der Waals surface area contributed by atoms with E-state index in [2.05, 4.69) is 26.0 Å². The molecular formula is C20H23BrN2O5. The van der Waals surface area contributed by atoms with E-state index < -0.39 is 5.97 Å². The van der Waals surface area contributed by atoms with E-state index in [1.165, 1.54) is 13.2 Å². The predicted octanol–water partition coefficient (Wildman–Crippen LogP) is 3.37. The Kier molecular flexibility index (Phi) is 8.33. The second-order valence-corrected chi connectivity index (χ2v) is 7.11. The molecule has 0 unspecified atom stereocenters. The normalized spacial score (nSPS) is 14.3. The van der Waals surface area contributed by atoms with Gasteiger partial charge in [0.1, 0.15) is 11.6 Å². The summed E-state index contributed by atoms with van der Waals surface area (Å²) in [5.74, 6) is -0.165. The van der Waals surface area contributed by atoms with Crippen molar-refractivity contribution >= 4 is 33.9 Å². The Hall–Kier alpha value is -2.53. The Bertz CT molecular complexity index is 795. The molecule has 2 rings (SSSR count). The van der Waals surface area contributed by atoms with Crippen LogP contribution in [0.3, 0.4) is 0 Å². The van der Waals surface area contributed by atoms with Gasteiger partial charge < -0.3 is 19.5 Å². The molecule has 1 aromatic carbocycles.